The highest BCUT2D eigenvalue weighted by molar-refractivity contribution is 5.83. The first kappa shape index (κ1) is 15.7. The first-order valence-corrected chi connectivity index (χ1v) is 7.10. The third-order valence-electron chi connectivity index (χ3n) is 3.71. The van der Waals surface area contributed by atoms with E-state index in [1.54, 1.807) is 19.1 Å². The molecule has 0 saturated carbocycles. The van der Waals surface area contributed by atoms with Gasteiger partial charge < -0.3 is 15.6 Å². The molecule has 1 atom stereocenters. The Morgan fingerprint density at radius 1 is 1.57 bits per heavy atom. The highest BCUT2D eigenvalue weighted by atomic mass is 19.1. The second kappa shape index (κ2) is 6.41. The van der Waals surface area contributed by atoms with Crippen molar-refractivity contribution in [1.29, 1.82) is 0 Å². The van der Waals surface area contributed by atoms with Crippen LogP contribution in [-0.4, -0.2) is 41.2 Å². The molecule has 0 aromatic heterocycles. The number of carbonyl (C=O) groups excluding carboxylic acids is 1. The number of likely N-dealkylation sites (tertiary alicyclic amines) is 1. The maximum Gasteiger partial charge on any atom is 0.250 e. The minimum absolute atomic E-state index is 0.178. The molecule has 1 fully saturated rings. The zero-order chi connectivity index (χ0) is 15.5. The lowest BCUT2D eigenvalue weighted by molar-refractivity contribution is -0.142. The average Bonchev–Trinajstić information content (AvgIpc) is 2.42. The third kappa shape index (κ3) is 3.71. The molecule has 6 heteroatoms. The molecule has 3 N–H and O–H groups in total. The van der Waals surface area contributed by atoms with Gasteiger partial charge in [-0.2, -0.15) is 0 Å². The van der Waals surface area contributed by atoms with Crippen LogP contribution in [0.4, 0.5) is 4.39 Å². The van der Waals surface area contributed by atoms with Crippen molar-refractivity contribution in [2.75, 3.05) is 19.7 Å². The number of aliphatic hydroxyl groups is 1. The van der Waals surface area contributed by atoms with Crippen LogP contribution in [0.5, 0.6) is 5.75 Å². The zero-order valence-electron chi connectivity index (χ0n) is 12.1. The number of nitrogens with zero attached hydrogens (tertiary/aromatic N) is 1. The number of benzene rings is 1. The van der Waals surface area contributed by atoms with Crippen LogP contribution in [0.3, 0.4) is 0 Å². The fourth-order valence-electron chi connectivity index (χ4n) is 2.63. The Morgan fingerprint density at radius 3 is 2.95 bits per heavy atom. The lowest BCUT2D eigenvalue weighted by Gasteiger charge is -2.37. The zero-order valence-corrected chi connectivity index (χ0v) is 12.1. The van der Waals surface area contributed by atoms with E-state index in [1.165, 1.54) is 6.07 Å². The molecular formula is C15H21FN2O3. The molecule has 1 amide bonds. The van der Waals surface area contributed by atoms with Crippen LogP contribution < -0.4 is 10.5 Å². The number of amides is 1. The van der Waals surface area contributed by atoms with E-state index < -0.39 is 17.3 Å². The number of nitrogens with two attached hydrogens (primary N) is 1. The van der Waals surface area contributed by atoms with Gasteiger partial charge in [-0.05, 0) is 44.0 Å². The van der Waals surface area contributed by atoms with Crippen LogP contribution in [-0.2, 0) is 11.3 Å². The normalized spacial score (nSPS) is 23.0. The van der Waals surface area contributed by atoms with E-state index in [4.69, 9.17) is 10.5 Å². The summed E-state index contributed by atoms with van der Waals surface area (Å²) in [5, 5.41) is 10.2. The van der Waals surface area contributed by atoms with Crippen molar-refractivity contribution in [2.45, 2.75) is 31.9 Å². The van der Waals surface area contributed by atoms with E-state index in [0.717, 1.165) is 12.1 Å². The molecule has 2 rings (SSSR count). The van der Waals surface area contributed by atoms with Gasteiger partial charge >= 0.3 is 0 Å². The lowest BCUT2D eigenvalue weighted by Crippen LogP contribution is -2.55. The Hall–Kier alpha value is -1.66. The number of carbonyl (C=O) groups is 1. The molecule has 1 aliphatic rings. The number of β-amino-alcohol motifs (C(OH)–C–C–N with tert-alkyl or cyclic N) is 1. The summed E-state index contributed by atoms with van der Waals surface area (Å²) in [4.78, 5) is 13.2. The summed E-state index contributed by atoms with van der Waals surface area (Å²) in [6.07, 6.45) is 1.05. The van der Waals surface area contributed by atoms with Crippen LogP contribution in [0, 0.1) is 5.82 Å². The molecule has 0 radical (unpaired) electrons. The molecule has 116 valence electrons. The van der Waals surface area contributed by atoms with Crippen LogP contribution in [0.1, 0.15) is 25.3 Å². The maximum atomic E-state index is 13.8. The number of ether oxygens (including phenoxy) is 1. The van der Waals surface area contributed by atoms with Crippen LogP contribution in [0.25, 0.3) is 0 Å². The molecule has 0 aliphatic carbocycles. The van der Waals surface area contributed by atoms with Gasteiger partial charge in [0, 0.05) is 13.1 Å². The molecule has 1 heterocycles. The topological polar surface area (TPSA) is 75.8 Å². The molecule has 0 spiro atoms. The van der Waals surface area contributed by atoms with Crippen molar-refractivity contribution < 1.29 is 19.0 Å². The van der Waals surface area contributed by atoms with Gasteiger partial charge in [0.2, 0.25) is 0 Å². The maximum absolute atomic E-state index is 13.8. The number of piperidine rings is 1. The number of hydrogen-bond acceptors (Lipinski definition) is 4. The minimum Gasteiger partial charge on any atom is -0.491 e. The van der Waals surface area contributed by atoms with Gasteiger partial charge in [0.05, 0.1) is 6.61 Å². The van der Waals surface area contributed by atoms with Crippen molar-refractivity contribution >= 4 is 5.91 Å². The summed E-state index contributed by atoms with van der Waals surface area (Å²) >= 11 is 0. The average molecular weight is 296 g/mol. The number of rotatable bonds is 5. The van der Waals surface area contributed by atoms with Crippen LogP contribution in [0.15, 0.2) is 18.2 Å². The van der Waals surface area contributed by atoms with Crippen LogP contribution in [0.2, 0.25) is 0 Å². The second-order valence-electron chi connectivity index (χ2n) is 5.41. The lowest BCUT2D eigenvalue weighted by atomic mass is 9.92. The van der Waals surface area contributed by atoms with Crippen molar-refractivity contribution in [2.24, 2.45) is 5.73 Å². The predicted molar refractivity (Wildman–Crippen MR) is 76.2 cm³/mol. The summed E-state index contributed by atoms with van der Waals surface area (Å²) in [7, 11) is 0. The van der Waals surface area contributed by atoms with E-state index in [-0.39, 0.29) is 12.3 Å². The number of halogens is 1. The molecule has 21 heavy (non-hydrogen) atoms. The fourth-order valence-corrected chi connectivity index (χ4v) is 2.63. The van der Waals surface area contributed by atoms with E-state index >= 15 is 0 Å². The van der Waals surface area contributed by atoms with Gasteiger partial charge in [-0.25, -0.2) is 4.39 Å². The largest absolute Gasteiger partial charge is 0.491 e. The summed E-state index contributed by atoms with van der Waals surface area (Å²) in [6, 6.07) is 4.80. The standard InChI is InChI=1S/C15H21FN2O3/c1-2-21-13-5-4-11(8-12(13)16)9-18-7-3-6-15(20,10-18)14(17)19/h4-5,8,20H,2-3,6-7,9-10H2,1H3,(H2,17,19). The highest BCUT2D eigenvalue weighted by Gasteiger charge is 2.38. The van der Waals surface area contributed by atoms with E-state index in [2.05, 4.69) is 0 Å². The Labute approximate surface area is 123 Å². The molecular weight excluding hydrogens is 275 g/mol. The molecule has 1 aromatic rings. The minimum atomic E-state index is -1.48. The van der Waals surface area contributed by atoms with Gasteiger partial charge in [-0.15, -0.1) is 0 Å². The van der Waals surface area contributed by atoms with E-state index in [1.807, 2.05) is 4.90 Å². The summed E-state index contributed by atoms with van der Waals surface area (Å²) in [6.45, 7) is 3.58. The molecule has 1 aromatic carbocycles. The Bertz CT molecular complexity index is 524. The molecule has 1 unspecified atom stereocenters. The SMILES string of the molecule is CCOc1ccc(CN2CCCC(O)(C(N)=O)C2)cc1F. The highest BCUT2D eigenvalue weighted by Crippen LogP contribution is 2.24. The van der Waals surface area contributed by atoms with Crippen molar-refractivity contribution in [3.05, 3.63) is 29.6 Å². The Kier molecular flexibility index (Phi) is 4.80. The predicted octanol–water partition coefficient (Wildman–Crippen LogP) is 1.04. The summed E-state index contributed by atoms with van der Waals surface area (Å²) in [5.41, 5.74) is 4.53. The van der Waals surface area contributed by atoms with E-state index in [9.17, 15) is 14.3 Å². The second-order valence-corrected chi connectivity index (χ2v) is 5.41. The Morgan fingerprint density at radius 2 is 2.33 bits per heavy atom. The van der Waals surface area contributed by atoms with Crippen molar-refractivity contribution in [3.63, 3.8) is 0 Å². The first-order valence-electron chi connectivity index (χ1n) is 7.10. The van der Waals surface area contributed by atoms with Gasteiger partial charge in [-0.1, -0.05) is 6.07 Å². The molecule has 5 nitrogen and oxygen atoms in total. The molecule has 0 bridgehead atoms. The summed E-state index contributed by atoms with van der Waals surface area (Å²) < 4.78 is 19.0. The fraction of sp³-hybridized carbons (Fsp3) is 0.533. The quantitative estimate of drug-likeness (QED) is 0.851. The van der Waals surface area contributed by atoms with Gasteiger partial charge in [0.1, 0.15) is 0 Å². The Balaban J connectivity index is 2.04. The van der Waals surface area contributed by atoms with Gasteiger partial charge in [0.25, 0.3) is 5.91 Å². The number of primary amides is 1. The molecule has 1 saturated heterocycles. The molecule has 1 aliphatic heterocycles. The van der Waals surface area contributed by atoms with Crippen molar-refractivity contribution in [3.8, 4) is 5.75 Å². The van der Waals surface area contributed by atoms with Crippen LogP contribution >= 0.6 is 0 Å². The number of hydrogen-bond donors (Lipinski definition) is 2. The van der Waals surface area contributed by atoms with Gasteiger partial charge in [-0.3, -0.25) is 9.69 Å². The smallest absolute Gasteiger partial charge is 0.250 e. The monoisotopic (exact) mass is 296 g/mol. The van der Waals surface area contributed by atoms with E-state index in [0.29, 0.717) is 26.0 Å². The third-order valence-corrected chi connectivity index (χ3v) is 3.71. The summed E-state index contributed by atoms with van der Waals surface area (Å²) in [5.74, 6) is -0.880. The first-order chi connectivity index (χ1) is 9.94. The van der Waals surface area contributed by atoms with Crippen molar-refractivity contribution in [1.82, 2.24) is 4.90 Å². The van der Waals surface area contributed by atoms with Gasteiger partial charge in [0.15, 0.2) is 17.2 Å².